The standard InChI is InChI=1S/C10H18N2O4S/c1-3-12(4-2)9(14)5-11-8(13)6-17-7-10(15)16/h3-7H2,1-2H3,(H,11,13)(H,15,16). The Bertz CT molecular complexity index is 279. The van der Waals surface area contributed by atoms with Crippen molar-refractivity contribution in [2.45, 2.75) is 13.8 Å². The molecule has 7 heteroatoms. The molecule has 0 unspecified atom stereocenters. The van der Waals surface area contributed by atoms with Crippen LogP contribution in [0.4, 0.5) is 0 Å². The molecule has 0 aliphatic rings. The number of aliphatic carboxylic acids is 1. The van der Waals surface area contributed by atoms with Gasteiger partial charge in [-0.05, 0) is 13.8 Å². The summed E-state index contributed by atoms with van der Waals surface area (Å²) in [5.74, 6) is -1.47. The van der Waals surface area contributed by atoms with Crippen LogP contribution in [0.5, 0.6) is 0 Å². The van der Waals surface area contributed by atoms with Gasteiger partial charge in [0.05, 0.1) is 18.1 Å². The lowest BCUT2D eigenvalue weighted by molar-refractivity contribution is -0.134. The highest BCUT2D eigenvalue weighted by atomic mass is 32.2. The van der Waals surface area contributed by atoms with Crippen molar-refractivity contribution in [3.05, 3.63) is 0 Å². The molecule has 0 fully saturated rings. The van der Waals surface area contributed by atoms with Crippen LogP contribution in [0.25, 0.3) is 0 Å². The molecular formula is C10H18N2O4S. The smallest absolute Gasteiger partial charge is 0.313 e. The molecule has 0 aliphatic carbocycles. The van der Waals surface area contributed by atoms with Crippen molar-refractivity contribution in [1.82, 2.24) is 10.2 Å². The van der Waals surface area contributed by atoms with Gasteiger partial charge >= 0.3 is 5.97 Å². The lowest BCUT2D eigenvalue weighted by atomic mass is 10.4. The van der Waals surface area contributed by atoms with E-state index >= 15 is 0 Å². The van der Waals surface area contributed by atoms with Crippen LogP contribution in [-0.2, 0) is 14.4 Å². The maximum absolute atomic E-state index is 11.5. The van der Waals surface area contributed by atoms with E-state index in [9.17, 15) is 14.4 Å². The van der Waals surface area contributed by atoms with Gasteiger partial charge in [-0.2, -0.15) is 0 Å². The summed E-state index contributed by atoms with van der Waals surface area (Å²) in [6.07, 6.45) is 0. The Kier molecular flexibility index (Phi) is 8.21. The minimum absolute atomic E-state index is 0.0336. The van der Waals surface area contributed by atoms with Crippen molar-refractivity contribution in [1.29, 1.82) is 0 Å². The predicted octanol–water partition coefficient (Wildman–Crippen LogP) is -0.211. The van der Waals surface area contributed by atoms with Crippen LogP contribution in [0.3, 0.4) is 0 Å². The number of rotatable bonds is 8. The molecule has 6 nitrogen and oxygen atoms in total. The molecule has 0 heterocycles. The van der Waals surface area contributed by atoms with Crippen molar-refractivity contribution < 1.29 is 19.5 Å². The topological polar surface area (TPSA) is 86.7 Å². The molecule has 0 saturated heterocycles. The first-order valence-electron chi connectivity index (χ1n) is 5.35. The van der Waals surface area contributed by atoms with E-state index in [1.807, 2.05) is 13.8 Å². The molecule has 0 atom stereocenters. The van der Waals surface area contributed by atoms with E-state index < -0.39 is 5.97 Å². The summed E-state index contributed by atoms with van der Waals surface area (Å²) in [6, 6.07) is 0. The average molecular weight is 262 g/mol. The molecule has 0 aromatic heterocycles. The molecular weight excluding hydrogens is 244 g/mol. The second kappa shape index (κ2) is 8.86. The molecule has 0 radical (unpaired) electrons. The highest BCUT2D eigenvalue weighted by Gasteiger charge is 2.11. The van der Waals surface area contributed by atoms with Crippen molar-refractivity contribution in [2.75, 3.05) is 31.1 Å². The third-order valence-corrected chi connectivity index (χ3v) is 2.93. The summed E-state index contributed by atoms with van der Waals surface area (Å²) in [4.78, 5) is 34.6. The third-order valence-electron chi connectivity index (χ3n) is 2.01. The van der Waals surface area contributed by atoms with E-state index in [-0.39, 0.29) is 29.9 Å². The van der Waals surface area contributed by atoms with Crippen LogP contribution in [0, 0.1) is 0 Å². The van der Waals surface area contributed by atoms with Gasteiger partial charge in [-0.3, -0.25) is 14.4 Å². The van der Waals surface area contributed by atoms with Crippen LogP contribution in [0.1, 0.15) is 13.8 Å². The lowest BCUT2D eigenvalue weighted by Crippen LogP contribution is -2.40. The Morgan fingerprint density at radius 2 is 1.76 bits per heavy atom. The van der Waals surface area contributed by atoms with Crippen LogP contribution in [0.2, 0.25) is 0 Å². The number of hydrogen-bond donors (Lipinski definition) is 2. The number of hydrogen-bond acceptors (Lipinski definition) is 4. The number of carboxylic acids is 1. The van der Waals surface area contributed by atoms with Crippen LogP contribution in [-0.4, -0.2) is 58.9 Å². The van der Waals surface area contributed by atoms with E-state index in [4.69, 9.17) is 5.11 Å². The third kappa shape index (κ3) is 7.62. The largest absolute Gasteiger partial charge is 0.481 e. The van der Waals surface area contributed by atoms with Gasteiger partial charge in [-0.1, -0.05) is 0 Å². The summed E-state index contributed by atoms with van der Waals surface area (Å²) in [6.45, 7) is 4.92. The first-order valence-corrected chi connectivity index (χ1v) is 6.50. The van der Waals surface area contributed by atoms with Gasteiger partial charge in [0.1, 0.15) is 0 Å². The molecule has 0 saturated carbocycles. The van der Waals surface area contributed by atoms with E-state index in [1.165, 1.54) is 0 Å². The second-order valence-corrected chi connectivity index (χ2v) is 4.21. The van der Waals surface area contributed by atoms with Crippen LogP contribution in [0.15, 0.2) is 0 Å². The molecule has 0 aromatic rings. The Labute approximate surface area is 105 Å². The minimum atomic E-state index is -0.956. The fraction of sp³-hybridized carbons (Fsp3) is 0.700. The number of nitrogens with one attached hydrogen (secondary N) is 1. The predicted molar refractivity (Wildman–Crippen MR) is 65.9 cm³/mol. The summed E-state index contributed by atoms with van der Waals surface area (Å²) >= 11 is 1.00. The molecule has 0 spiro atoms. The molecule has 17 heavy (non-hydrogen) atoms. The van der Waals surface area contributed by atoms with Gasteiger partial charge in [0.25, 0.3) is 0 Å². The van der Waals surface area contributed by atoms with Gasteiger partial charge in [0.2, 0.25) is 11.8 Å². The van der Waals surface area contributed by atoms with Crippen molar-refractivity contribution in [3.63, 3.8) is 0 Å². The monoisotopic (exact) mass is 262 g/mol. The second-order valence-electron chi connectivity index (χ2n) is 3.23. The number of likely N-dealkylation sites (N-methyl/N-ethyl adjacent to an activating group) is 1. The highest BCUT2D eigenvalue weighted by Crippen LogP contribution is 1.98. The van der Waals surface area contributed by atoms with Gasteiger partial charge in [0, 0.05) is 13.1 Å². The van der Waals surface area contributed by atoms with Gasteiger partial charge < -0.3 is 15.3 Å². The normalized spacial score (nSPS) is 9.76. The molecule has 0 bridgehead atoms. The highest BCUT2D eigenvalue weighted by molar-refractivity contribution is 8.00. The number of carboxylic acid groups (broad SMARTS) is 1. The lowest BCUT2D eigenvalue weighted by Gasteiger charge is -2.18. The fourth-order valence-electron chi connectivity index (χ4n) is 1.14. The zero-order valence-electron chi connectivity index (χ0n) is 10.1. The van der Waals surface area contributed by atoms with Gasteiger partial charge in [0.15, 0.2) is 0 Å². The number of carbonyl (C=O) groups excluding carboxylic acids is 2. The van der Waals surface area contributed by atoms with Gasteiger partial charge in [-0.15, -0.1) is 11.8 Å². The maximum Gasteiger partial charge on any atom is 0.313 e. The molecule has 0 aromatic carbocycles. The summed E-state index contributed by atoms with van der Waals surface area (Å²) in [5, 5.41) is 10.8. The molecule has 0 rings (SSSR count). The fourth-order valence-corrected chi connectivity index (χ4v) is 1.71. The first kappa shape index (κ1) is 15.8. The summed E-state index contributed by atoms with van der Waals surface area (Å²) in [5.41, 5.74) is 0. The Balaban J connectivity index is 3.76. The molecule has 98 valence electrons. The number of thioether (sulfide) groups is 1. The zero-order chi connectivity index (χ0) is 13.3. The summed E-state index contributed by atoms with van der Waals surface area (Å²) < 4.78 is 0. The van der Waals surface area contributed by atoms with Gasteiger partial charge in [-0.25, -0.2) is 0 Å². The molecule has 2 N–H and O–H groups in total. The van der Waals surface area contributed by atoms with Crippen molar-refractivity contribution >= 4 is 29.5 Å². The number of carbonyl (C=O) groups is 3. The number of amides is 2. The Morgan fingerprint density at radius 1 is 1.18 bits per heavy atom. The number of nitrogens with zero attached hydrogens (tertiary/aromatic N) is 1. The van der Waals surface area contributed by atoms with Crippen LogP contribution >= 0.6 is 11.8 Å². The van der Waals surface area contributed by atoms with Crippen molar-refractivity contribution in [3.8, 4) is 0 Å². The SMILES string of the molecule is CCN(CC)C(=O)CNC(=O)CSCC(=O)O. The quantitative estimate of drug-likeness (QED) is 0.632. The molecule has 2 amide bonds. The van der Waals surface area contributed by atoms with Crippen LogP contribution < -0.4 is 5.32 Å². The Hall–Kier alpha value is -1.24. The van der Waals surface area contributed by atoms with E-state index in [0.29, 0.717) is 13.1 Å². The minimum Gasteiger partial charge on any atom is -0.481 e. The average Bonchev–Trinajstić information content (AvgIpc) is 2.27. The maximum atomic E-state index is 11.5. The Morgan fingerprint density at radius 3 is 2.24 bits per heavy atom. The zero-order valence-corrected chi connectivity index (χ0v) is 10.9. The van der Waals surface area contributed by atoms with E-state index in [1.54, 1.807) is 4.90 Å². The summed E-state index contributed by atoms with van der Waals surface area (Å²) in [7, 11) is 0. The molecule has 0 aliphatic heterocycles. The van der Waals surface area contributed by atoms with Crippen molar-refractivity contribution in [2.24, 2.45) is 0 Å². The van der Waals surface area contributed by atoms with E-state index in [2.05, 4.69) is 5.32 Å². The van der Waals surface area contributed by atoms with E-state index in [0.717, 1.165) is 11.8 Å². The first-order chi connectivity index (χ1) is 8.01.